The van der Waals surface area contributed by atoms with Crippen LogP contribution in [0.4, 0.5) is 11.4 Å². The fourth-order valence-electron chi connectivity index (χ4n) is 2.85. The first-order valence-electron chi connectivity index (χ1n) is 8.27. The summed E-state index contributed by atoms with van der Waals surface area (Å²) in [5, 5.41) is 7.46. The van der Waals surface area contributed by atoms with E-state index in [0.29, 0.717) is 11.7 Å². The van der Waals surface area contributed by atoms with E-state index in [4.69, 9.17) is 4.52 Å². The van der Waals surface area contributed by atoms with E-state index >= 15 is 0 Å². The molecule has 1 aromatic heterocycles. The Morgan fingerprint density at radius 2 is 2.12 bits per heavy atom. The third kappa shape index (κ3) is 3.13. The molecule has 0 saturated heterocycles. The van der Waals surface area contributed by atoms with E-state index < -0.39 is 0 Å². The molecule has 0 bridgehead atoms. The van der Waals surface area contributed by atoms with Crippen LogP contribution in [-0.4, -0.2) is 22.6 Å². The molecular weight excluding hydrogens is 304 g/mol. The average Bonchev–Trinajstić information content (AvgIpc) is 3.13. The normalized spacial score (nSPS) is 15.3. The van der Waals surface area contributed by atoms with Gasteiger partial charge >= 0.3 is 0 Å². The lowest BCUT2D eigenvalue weighted by Gasteiger charge is -2.16. The number of aromatic nitrogens is 2. The third-order valence-corrected chi connectivity index (χ3v) is 4.22. The molecule has 0 aliphatic carbocycles. The highest BCUT2D eigenvalue weighted by Gasteiger charge is 2.24. The van der Waals surface area contributed by atoms with Gasteiger partial charge in [-0.2, -0.15) is 4.98 Å². The maximum absolute atomic E-state index is 11.6. The van der Waals surface area contributed by atoms with Gasteiger partial charge in [-0.15, -0.1) is 0 Å². The largest absolute Gasteiger partial charge is 0.374 e. The SMILES string of the molecule is CC(=O)N1CCc2cc(NC(C)c3nc(C(C)(C)C)no3)ccc21. The fraction of sp³-hybridized carbons (Fsp3) is 0.500. The van der Waals surface area contributed by atoms with Crippen molar-refractivity contribution in [1.29, 1.82) is 0 Å². The number of rotatable bonds is 3. The van der Waals surface area contributed by atoms with Crippen molar-refractivity contribution in [2.75, 3.05) is 16.8 Å². The standard InChI is InChI=1S/C18H24N4O2/c1-11(16-20-17(21-24-16)18(3,4)5)19-14-6-7-15-13(10-14)8-9-22(15)12(2)23/h6-7,10-11,19H,8-9H2,1-5H3. The van der Waals surface area contributed by atoms with Gasteiger partial charge in [0.15, 0.2) is 5.82 Å². The molecule has 0 fully saturated rings. The Kier molecular flexibility index (Phi) is 4.07. The third-order valence-electron chi connectivity index (χ3n) is 4.22. The van der Waals surface area contributed by atoms with Gasteiger partial charge in [-0.3, -0.25) is 4.79 Å². The van der Waals surface area contributed by atoms with Gasteiger partial charge in [-0.1, -0.05) is 25.9 Å². The maximum atomic E-state index is 11.6. The van der Waals surface area contributed by atoms with Crippen molar-refractivity contribution in [1.82, 2.24) is 10.1 Å². The molecule has 1 amide bonds. The monoisotopic (exact) mass is 328 g/mol. The minimum absolute atomic E-state index is 0.0861. The van der Waals surface area contributed by atoms with Crippen LogP contribution in [0.3, 0.4) is 0 Å². The van der Waals surface area contributed by atoms with E-state index in [1.807, 2.05) is 24.0 Å². The van der Waals surface area contributed by atoms with Crippen LogP contribution < -0.4 is 10.2 Å². The summed E-state index contributed by atoms with van der Waals surface area (Å²) in [5.74, 6) is 1.37. The Bertz CT molecular complexity index is 761. The molecule has 0 saturated carbocycles. The van der Waals surface area contributed by atoms with Gasteiger partial charge in [0, 0.05) is 30.3 Å². The summed E-state index contributed by atoms with van der Waals surface area (Å²) in [5.41, 5.74) is 3.05. The molecule has 1 unspecified atom stereocenters. The zero-order chi connectivity index (χ0) is 17.5. The van der Waals surface area contributed by atoms with Crippen LogP contribution in [-0.2, 0) is 16.6 Å². The van der Waals surface area contributed by atoms with Crippen LogP contribution in [0.15, 0.2) is 22.7 Å². The number of amides is 1. The van der Waals surface area contributed by atoms with Crippen molar-refractivity contribution >= 4 is 17.3 Å². The molecule has 0 spiro atoms. The molecule has 1 atom stereocenters. The molecular formula is C18H24N4O2. The number of hydrogen-bond donors (Lipinski definition) is 1. The van der Waals surface area contributed by atoms with Crippen LogP contribution in [0.2, 0.25) is 0 Å². The fourth-order valence-corrected chi connectivity index (χ4v) is 2.85. The number of nitrogens with zero attached hydrogens (tertiary/aromatic N) is 3. The summed E-state index contributed by atoms with van der Waals surface area (Å²) in [6.45, 7) is 10.5. The maximum Gasteiger partial charge on any atom is 0.248 e. The van der Waals surface area contributed by atoms with Crippen LogP contribution in [0.1, 0.15) is 57.9 Å². The summed E-state index contributed by atoms with van der Waals surface area (Å²) < 4.78 is 5.39. The van der Waals surface area contributed by atoms with Gasteiger partial charge in [0.25, 0.3) is 0 Å². The first kappa shape index (κ1) is 16.5. The summed E-state index contributed by atoms with van der Waals surface area (Å²) >= 11 is 0. The summed E-state index contributed by atoms with van der Waals surface area (Å²) in [7, 11) is 0. The predicted molar refractivity (Wildman–Crippen MR) is 93.2 cm³/mol. The lowest BCUT2D eigenvalue weighted by Crippen LogP contribution is -2.25. The van der Waals surface area contributed by atoms with Gasteiger partial charge in [0.2, 0.25) is 11.8 Å². The van der Waals surface area contributed by atoms with E-state index in [-0.39, 0.29) is 17.4 Å². The van der Waals surface area contributed by atoms with E-state index in [0.717, 1.165) is 24.3 Å². The predicted octanol–water partition coefficient (Wildman–Crippen LogP) is 3.45. The van der Waals surface area contributed by atoms with Crippen molar-refractivity contribution in [3.63, 3.8) is 0 Å². The number of benzene rings is 1. The molecule has 2 heterocycles. The summed E-state index contributed by atoms with van der Waals surface area (Å²) in [6.07, 6.45) is 0.882. The molecule has 3 rings (SSSR count). The number of anilines is 2. The van der Waals surface area contributed by atoms with Crippen LogP contribution in [0.25, 0.3) is 0 Å². The lowest BCUT2D eigenvalue weighted by atomic mass is 9.96. The van der Waals surface area contributed by atoms with Crippen molar-refractivity contribution in [3.05, 3.63) is 35.5 Å². The highest BCUT2D eigenvalue weighted by Crippen LogP contribution is 2.31. The second kappa shape index (κ2) is 5.92. The second-order valence-corrected chi connectivity index (χ2v) is 7.34. The number of carbonyl (C=O) groups is 1. The summed E-state index contributed by atoms with van der Waals surface area (Å²) in [6, 6.07) is 5.98. The highest BCUT2D eigenvalue weighted by atomic mass is 16.5. The number of fused-ring (bicyclic) bond motifs is 1. The molecule has 0 radical (unpaired) electrons. The molecule has 24 heavy (non-hydrogen) atoms. The molecule has 1 aliphatic heterocycles. The second-order valence-electron chi connectivity index (χ2n) is 7.34. The first-order chi connectivity index (χ1) is 11.3. The molecule has 6 nitrogen and oxygen atoms in total. The molecule has 2 aromatic rings. The average molecular weight is 328 g/mol. The van der Waals surface area contributed by atoms with E-state index in [1.54, 1.807) is 6.92 Å². The Morgan fingerprint density at radius 1 is 1.38 bits per heavy atom. The van der Waals surface area contributed by atoms with Crippen molar-refractivity contribution < 1.29 is 9.32 Å². The van der Waals surface area contributed by atoms with Crippen molar-refractivity contribution in [3.8, 4) is 0 Å². The zero-order valence-electron chi connectivity index (χ0n) is 14.9. The topological polar surface area (TPSA) is 71.3 Å². The van der Waals surface area contributed by atoms with Gasteiger partial charge < -0.3 is 14.7 Å². The van der Waals surface area contributed by atoms with Crippen molar-refractivity contribution in [2.45, 2.75) is 52.5 Å². The Hall–Kier alpha value is -2.37. The van der Waals surface area contributed by atoms with Crippen LogP contribution in [0, 0.1) is 0 Å². The van der Waals surface area contributed by atoms with Crippen molar-refractivity contribution in [2.24, 2.45) is 0 Å². The molecule has 128 valence electrons. The quantitative estimate of drug-likeness (QED) is 0.934. The Morgan fingerprint density at radius 3 is 2.75 bits per heavy atom. The lowest BCUT2D eigenvalue weighted by molar-refractivity contribution is -0.116. The summed E-state index contributed by atoms with van der Waals surface area (Å²) in [4.78, 5) is 17.9. The smallest absolute Gasteiger partial charge is 0.248 e. The first-order valence-corrected chi connectivity index (χ1v) is 8.27. The van der Waals surface area contributed by atoms with Gasteiger partial charge in [-0.25, -0.2) is 0 Å². The molecule has 6 heteroatoms. The minimum Gasteiger partial charge on any atom is -0.374 e. The molecule has 1 N–H and O–H groups in total. The van der Waals surface area contributed by atoms with Gasteiger partial charge in [0.1, 0.15) is 6.04 Å². The van der Waals surface area contributed by atoms with E-state index in [1.165, 1.54) is 5.56 Å². The van der Waals surface area contributed by atoms with E-state index in [9.17, 15) is 4.79 Å². The van der Waals surface area contributed by atoms with Crippen LogP contribution >= 0.6 is 0 Å². The minimum atomic E-state index is -0.134. The van der Waals surface area contributed by atoms with Crippen LogP contribution in [0.5, 0.6) is 0 Å². The number of nitrogens with one attached hydrogen (secondary N) is 1. The Balaban J connectivity index is 1.75. The van der Waals surface area contributed by atoms with Gasteiger partial charge in [0.05, 0.1) is 0 Å². The zero-order valence-corrected chi connectivity index (χ0v) is 14.9. The number of carbonyl (C=O) groups excluding carboxylic acids is 1. The number of hydrogen-bond acceptors (Lipinski definition) is 5. The highest BCUT2D eigenvalue weighted by molar-refractivity contribution is 5.94. The Labute approximate surface area is 142 Å². The van der Waals surface area contributed by atoms with E-state index in [2.05, 4.69) is 42.3 Å². The molecule has 1 aromatic carbocycles. The van der Waals surface area contributed by atoms with Gasteiger partial charge in [-0.05, 0) is 37.1 Å². The molecule has 1 aliphatic rings.